The van der Waals surface area contributed by atoms with Gasteiger partial charge >= 0.3 is 0 Å². The summed E-state index contributed by atoms with van der Waals surface area (Å²) in [7, 11) is 0. The van der Waals surface area contributed by atoms with Crippen LogP contribution in [0.1, 0.15) is 65.7 Å². The number of fused-ring (bicyclic) bond motifs is 5. The Morgan fingerprint density at radius 1 is 0.920 bits per heavy atom. The number of hydrogen-bond donors (Lipinski definition) is 3. The minimum absolute atomic E-state index is 0.0609. The molecule has 25 heavy (non-hydrogen) atoms. The molecule has 0 aliphatic heterocycles. The van der Waals surface area contributed by atoms with Crippen LogP contribution in [0, 0.1) is 52.8 Å². The van der Waals surface area contributed by atoms with Crippen LogP contribution in [0.3, 0.4) is 0 Å². The van der Waals surface area contributed by atoms with Crippen LogP contribution in [0.2, 0.25) is 0 Å². The van der Waals surface area contributed by atoms with Crippen LogP contribution in [0.25, 0.3) is 0 Å². The molecule has 0 saturated heterocycles. The monoisotopic (exact) mass is 346 g/mol. The second kappa shape index (κ2) is 5.47. The Balaban J connectivity index is 1.73. The summed E-state index contributed by atoms with van der Waals surface area (Å²) >= 11 is 0. The van der Waals surface area contributed by atoms with Crippen LogP contribution in [0.5, 0.6) is 0 Å². The molecule has 140 valence electrons. The standard InChI is InChI=1S/C22H34O3/c1-5-22(25)11-8-15-17-14(7-10-21(15,22)4)20(3)9-6-13(2)12-16(20)18(23)19(17)24/h1,13-19,23-25H,6-12H2,2-4H3/t13-,14-,15-,16+,17?,18+,19+,20+,21-,22-/m0/s1. The minimum Gasteiger partial charge on any atom is -0.390 e. The number of rotatable bonds is 0. The maximum absolute atomic E-state index is 11.1. The minimum atomic E-state index is -1.06. The van der Waals surface area contributed by atoms with Crippen LogP contribution in [-0.4, -0.2) is 33.1 Å². The summed E-state index contributed by atoms with van der Waals surface area (Å²) in [4.78, 5) is 0. The number of hydrogen-bond acceptors (Lipinski definition) is 3. The molecule has 0 aromatic rings. The predicted octanol–water partition coefficient (Wildman–Crippen LogP) is 2.97. The SMILES string of the molecule is C#C[C@]1(O)CC[C@H]2C3[C@@H](O)[C@H](O)[C@H]4C[C@@H](C)CC[C@]4(C)[C@H]3CC[C@@]21C. The molecule has 4 fully saturated rings. The maximum Gasteiger partial charge on any atom is 0.130 e. The van der Waals surface area contributed by atoms with E-state index >= 15 is 0 Å². The van der Waals surface area contributed by atoms with Crippen LogP contribution in [-0.2, 0) is 0 Å². The second-order valence-corrected chi connectivity index (χ2v) is 10.3. The molecule has 3 heteroatoms. The van der Waals surface area contributed by atoms with Crippen LogP contribution in [0.4, 0.5) is 0 Å². The average Bonchev–Trinajstić information content (AvgIpc) is 2.86. The van der Waals surface area contributed by atoms with Gasteiger partial charge in [-0.1, -0.05) is 33.1 Å². The Hall–Kier alpha value is -0.560. The van der Waals surface area contributed by atoms with Crippen molar-refractivity contribution < 1.29 is 15.3 Å². The first-order valence-electron chi connectivity index (χ1n) is 10.2. The molecule has 1 unspecified atom stereocenters. The smallest absolute Gasteiger partial charge is 0.130 e. The van der Waals surface area contributed by atoms with E-state index in [1.807, 2.05) is 0 Å². The van der Waals surface area contributed by atoms with E-state index in [-0.39, 0.29) is 28.6 Å². The lowest BCUT2D eigenvalue weighted by Crippen LogP contribution is -2.64. The van der Waals surface area contributed by atoms with Crippen molar-refractivity contribution in [1.82, 2.24) is 0 Å². The van der Waals surface area contributed by atoms with Gasteiger partial charge in [-0.15, -0.1) is 6.42 Å². The van der Waals surface area contributed by atoms with Gasteiger partial charge in [-0.25, -0.2) is 0 Å². The van der Waals surface area contributed by atoms with Crippen molar-refractivity contribution in [2.75, 3.05) is 0 Å². The van der Waals surface area contributed by atoms with Gasteiger partial charge in [0.05, 0.1) is 12.2 Å². The lowest BCUT2D eigenvalue weighted by molar-refractivity contribution is -0.224. The fourth-order valence-corrected chi connectivity index (χ4v) is 7.71. The number of terminal acetylenes is 1. The summed E-state index contributed by atoms with van der Waals surface area (Å²) in [6, 6.07) is 0. The van der Waals surface area contributed by atoms with Crippen molar-refractivity contribution >= 4 is 0 Å². The van der Waals surface area contributed by atoms with E-state index in [1.54, 1.807) is 0 Å². The normalized spacial score (nSPS) is 60.9. The Kier molecular flexibility index (Phi) is 3.90. The molecule has 4 rings (SSSR count). The first-order valence-corrected chi connectivity index (χ1v) is 10.2. The summed E-state index contributed by atoms with van der Waals surface area (Å²) in [5.41, 5.74) is -1.30. The third kappa shape index (κ3) is 2.11. The summed E-state index contributed by atoms with van der Waals surface area (Å²) in [6.45, 7) is 6.76. The van der Waals surface area contributed by atoms with Crippen LogP contribution < -0.4 is 0 Å². The largest absolute Gasteiger partial charge is 0.390 e. The molecular weight excluding hydrogens is 312 g/mol. The van der Waals surface area contributed by atoms with E-state index in [9.17, 15) is 15.3 Å². The van der Waals surface area contributed by atoms with Crippen molar-refractivity contribution in [1.29, 1.82) is 0 Å². The lowest BCUT2D eigenvalue weighted by Gasteiger charge is -2.63. The molecule has 4 aliphatic carbocycles. The summed E-state index contributed by atoms with van der Waals surface area (Å²) in [5.74, 6) is 4.21. The van der Waals surface area contributed by atoms with E-state index < -0.39 is 17.8 Å². The molecule has 0 heterocycles. The zero-order valence-electron chi connectivity index (χ0n) is 15.9. The van der Waals surface area contributed by atoms with E-state index in [1.165, 1.54) is 6.42 Å². The molecule has 0 aromatic heterocycles. The van der Waals surface area contributed by atoms with Gasteiger partial charge < -0.3 is 15.3 Å². The Morgan fingerprint density at radius 2 is 1.60 bits per heavy atom. The summed E-state index contributed by atoms with van der Waals surface area (Å²) in [6.07, 6.45) is 11.2. The highest BCUT2D eigenvalue weighted by atomic mass is 16.3. The van der Waals surface area contributed by atoms with Crippen molar-refractivity contribution in [2.24, 2.45) is 40.4 Å². The number of aliphatic hydroxyl groups excluding tert-OH is 2. The van der Waals surface area contributed by atoms with Gasteiger partial charge in [0.15, 0.2) is 0 Å². The van der Waals surface area contributed by atoms with E-state index in [0.29, 0.717) is 18.3 Å². The molecule has 0 bridgehead atoms. The molecule has 3 N–H and O–H groups in total. The second-order valence-electron chi connectivity index (χ2n) is 10.3. The van der Waals surface area contributed by atoms with Gasteiger partial charge in [-0.2, -0.15) is 0 Å². The maximum atomic E-state index is 11.1. The van der Waals surface area contributed by atoms with Crippen LogP contribution >= 0.6 is 0 Å². The van der Waals surface area contributed by atoms with Crippen molar-refractivity contribution in [3.63, 3.8) is 0 Å². The highest BCUT2D eigenvalue weighted by Crippen LogP contribution is 2.68. The van der Waals surface area contributed by atoms with Gasteiger partial charge in [-0.3, -0.25) is 0 Å². The fraction of sp³-hybridized carbons (Fsp3) is 0.909. The van der Waals surface area contributed by atoms with Gasteiger partial charge in [0.1, 0.15) is 5.60 Å². The van der Waals surface area contributed by atoms with E-state index in [2.05, 4.69) is 26.7 Å². The molecule has 0 radical (unpaired) electrons. The topological polar surface area (TPSA) is 60.7 Å². The van der Waals surface area contributed by atoms with E-state index in [0.717, 1.165) is 32.1 Å². The third-order valence-corrected chi connectivity index (χ3v) is 9.41. The zero-order valence-corrected chi connectivity index (χ0v) is 15.9. The average molecular weight is 347 g/mol. The van der Waals surface area contributed by atoms with Crippen molar-refractivity contribution in [2.45, 2.75) is 83.5 Å². The zero-order chi connectivity index (χ0) is 18.2. The van der Waals surface area contributed by atoms with Crippen molar-refractivity contribution in [3.8, 4) is 12.3 Å². The molecule has 10 atom stereocenters. The fourth-order valence-electron chi connectivity index (χ4n) is 7.71. The molecule has 4 saturated carbocycles. The Bertz CT molecular complexity index is 597. The molecule has 0 spiro atoms. The molecule has 3 nitrogen and oxygen atoms in total. The summed E-state index contributed by atoms with van der Waals surface area (Å²) in [5, 5.41) is 33.2. The lowest BCUT2D eigenvalue weighted by atomic mass is 9.42. The van der Waals surface area contributed by atoms with Gasteiger partial charge in [0.2, 0.25) is 0 Å². The van der Waals surface area contributed by atoms with Gasteiger partial charge in [0, 0.05) is 5.41 Å². The summed E-state index contributed by atoms with van der Waals surface area (Å²) < 4.78 is 0. The van der Waals surface area contributed by atoms with Gasteiger partial charge in [-0.05, 0) is 73.5 Å². The first-order chi connectivity index (χ1) is 11.7. The quantitative estimate of drug-likeness (QED) is 0.591. The molecular formula is C22H34O3. The molecule has 0 aromatic carbocycles. The highest BCUT2D eigenvalue weighted by Gasteiger charge is 2.67. The van der Waals surface area contributed by atoms with Crippen molar-refractivity contribution in [3.05, 3.63) is 0 Å². The highest BCUT2D eigenvalue weighted by molar-refractivity contribution is 5.24. The van der Waals surface area contributed by atoms with Crippen LogP contribution in [0.15, 0.2) is 0 Å². The van der Waals surface area contributed by atoms with E-state index in [4.69, 9.17) is 6.42 Å². The third-order valence-electron chi connectivity index (χ3n) is 9.41. The number of aliphatic hydroxyl groups is 3. The Morgan fingerprint density at radius 3 is 2.28 bits per heavy atom. The Labute approximate surface area is 152 Å². The first kappa shape index (κ1) is 17.8. The molecule has 4 aliphatic rings. The van der Waals surface area contributed by atoms with Gasteiger partial charge in [0.25, 0.3) is 0 Å². The molecule has 0 amide bonds. The predicted molar refractivity (Wildman–Crippen MR) is 97.5 cm³/mol.